The van der Waals surface area contributed by atoms with E-state index >= 15 is 0 Å². The summed E-state index contributed by atoms with van der Waals surface area (Å²) in [5.41, 5.74) is 1.36. The standard InChI is InChI=1S/C28H42N4O3/c1-22(2)10-11-26(33)31(19-24-18-23-8-5-6-9-25(23)30(4)27(24)34)20-28(12-7-17-35-21-28)32-15-13-29(3)14-16-32/h5-6,8-9,18,22H,7,10-17,19-21H2,1-4H3. The summed E-state index contributed by atoms with van der Waals surface area (Å²) in [5, 5.41) is 1.02. The molecule has 2 aromatic rings. The van der Waals surface area contributed by atoms with Crippen molar-refractivity contribution in [2.45, 2.75) is 51.6 Å². The van der Waals surface area contributed by atoms with Crippen LogP contribution >= 0.6 is 0 Å². The molecule has 2 aliphatic heterocycles. The molecule has 1 aromatic carbocycles. The third kappa shape index (κ3) is 5.96. The Morgan fingerprint density at radius 1 is 1.14 bits per heavy atom. The fraction of sp³-hybridized carbons (Fsp3) is 0.643. The van der Waals surface area contributed by atoms with Crippen LogP contribution in [-0.4, -0.2) is 83.7 Å². The molecular formula is C28H42N4O3. The molecule has 1 unspecified atom stereocenters. The molecule has 4 rings (SSSR count). The number of piperazine rings is 1. The average molecular weight is 483 g/mol. The molecule has 1 atom stereocenters. The van der Waals surface area contributed by atoms with Crippen LogP contribution in [0.5, 0.6) is 0 Å². The zero-order chi connectivity index (χ0) is 25.0. The van der Waals surface area contributed by atoms with Crippen LogP contribution in [0, 0.1) is 5.92 Å². The van der Waals surface area contributed by atoms with Crippen LogP contribution in [0.1, 0.15) is 45.1 Å². The lowest BCUT2D eigenvalue weighted by atomic mass is 9.88. The summed E-state index contributed by atoms with van der Waals surface area (Å²) in [7, 11) is 3.98. The molecule has 0 aliphatic carbocycles. The molecule has 192 valence electrons. The van der Waals surface area contributed by atoms with Crippen LogP contribution in [0.2, 0.25) is 0 Å². The van der Waals surface area contributed by atoms with Gasteiger partial charge in [0.1, 0.15) is 0 Å². The zero-order valence-corrected chi connectivity index (χ0v) is 22.0. The van der Waals surface area contributed by atoms with Crippen LogP contribution in [-0.2, 0) is 23.1 Å². The number of aromatic nitrogens is 1. The molecule has 0 spiro atoms. The topological polar surface area (TPSA) is 58.0 Å². The Labute approximate surface area is 209 Å². The van der Waals surface area contributed by atoms with E-state index in [1.807, 2.05) is 42.3 Å². The first kappa shape index (κ1) is 25.9. The first-order chi connectivity index (χ1) is 16.8. The van der Waals surface area contributed by atoms with Gasteiger partial charge in [0, 0.05) is 58.4 Å². The largest absolute Gasteiger partial charge is 0.379 e. The van der Waals surface area contributed by atoms with Gasteiger partial charge in [-0.2, -0.15) is 0 Å². The molecule has 7 nitrogen and oxygen atoms in total. The number of pyridine rings is 1. The molecule has 0 bridgehead atoms. The van der Waals surface area contributed by atoms with E-state index in [-0.39, 0.29) is 17.0 Å². The third-order valence-corrected chi connectivity index (χ3v) is 7.82. The molecule has 3 heterocycles. The predicted octanol–water partition coefficient (Wildman–Crippen LogP) is 3.10. The fourth-order valence-electron chi connectivity index (χ4n) is 5.56. The maximum absolute atomic E-state index is 13.6. The molecule has 2 fully saturated rings. The maximum Gasteiger partial charge on any atom is 0.255 e. The smallest absolute Gasteiger partial charge is 0.255 e. The summed E-state index contributed by atoms with van der Waals surface area (Å²) >= 11 is 0. The Morgan fingerprint density at radius 2 is 1.89 bits per heavy atom. The lowest BCUT2D eigenvalue weighted by Crippen LogP contribution is -2.64. The van der Waals surface area contributed by atoms with Crippen molar-refractivity contribution in [3.05, 3.63) is 46.2 Å². The van der Waals surface area contributed by atoms with E-state index in [2.05, 4.69) is 30.7 Å². The molecule has 35 heavy (non-hydrogen) atoms. The number of hydrogen-bond acceptors (Lipinski definition) is 5. The number of carbonyl (C=O) groups is 1. The first-order valence-corrected chi connectivity index (χ1v) is 13.2. The molecule has 2 aliphatic rings. The minimum atomic E-state index is -0.199. The molecule has 1 amide bonds. The van der Waals surface area contributed by atoms with Crippen molar-refractivity contribution in [3.63, 3.8) is 0 Å². The summed E-state index contributed by atoms with van der Waals surface area (Å²) in [6.45, 7) is 10.7. The number of para-hydroxylation sites is 1. The number of fused-ring (bicyclic) bond motifs is 1. The molecule has 1 aromatic heterocycles. The van der Waals surface area contributed by atoms with Gasteiger partial charge >= 0.3 is 0 Å². The van der Waals surface area contributed by atoms with Gasteiger partial charge in [-0.15, -0.1) is 0 Å². The number of hydrogen-bond donors (Lipinski definition) is 0. The van der Waals surface area contributed by atoms with Crippen LogP contribution < -0.4 is 5.56 Å². The number of likely N-dealkylation sites (N-methyl/N-ethyl adjacent to an activating group) is 1. The highest BCUT2D eigenvalue weighted by atomic mass is 16.5. The van der Waals surface area contributed by atoms with Crippen LogP contribution in [0.25, 0.3) is 10.9 Å². The second-order valence-electron chi connectivity index (χ2n) is 10.9. The van der Waals surface area contributed by atoms with Gasteiger partial charge in [-0.1, -0.05) is 32.0 Å². The van der Waals surface area contributed by atoms with Crippen molar-refractivity contribution >= 4 is 16.8 Å². The van der Waals surface area contributed by atoms with Crippen LogP contribution in [0.4, 0.5) is 0 Å². The molecule has 0 radical (unpaired) electrons. The summed E-state index contributed by atoms with van der Waals surface area (Å²) < 4.78 is 7.75. The van der Waals surface area contributed by atoms with Gasteiger partial charge in [0.2, 0.25) is 5.91 Å². The van der Waals surface area contributed by atoms with Gasteiger partial charge in [0.05, 0.1) is 24.2 Å². The van der Waals surface area contributed by atoms with Crippen molar-refractivity contribution in [1.29, 1.82) is 0 Å². The van der Waals surface area contributed by atoms with Gasteiger partial charge in [-0.25, -0.2) is 0 Å². The van der Waals surface area contributed by atoms with Crippen LogP contribution in [0.15, 0.2) is 35.1 Å². The quantitative estimate of drug-likeness (QED) is 0.579. The SMILES string of the molecule is CC(C)CCC(=O)N(Cc1cc2ccccc2n(C)c1=O)CC1(N2CCN(C)CC2)CCCOC1. The summed E-state index contributed by atoms with van der Waals surface area (Å²) in [4.78, 5) is 33.8. The number of rotatable bonds is 8. The van der Waals surface area contributed by atoms with E-state index in [0.717, 1.165) is 63.0 Å². The van der Waals surface area contributed by atoms with Crippen molar-refractivity contribution in [3.8, 4) is 0 Å². The highest BCUT2D eigenvalue weighted by Crippen LogP contribution is 2.30. The van der Waals surface area contributed by atoms with E-state index in [1.165, 1.54) is 0 Å². The monoisotopic (exact) mass is 482 g/mol. The van der Waals surface area contributed by atoms with Crippen molar-refractivity contribution in [2.24, 2.45) is 13.0 Å². The molecule has 7 heteroatoms. The highest BCUT2D eigenvalue weighted by Gasteiger charge is 2.42. The number of ether oxygens (including phenoxy) is 1. The van der Waals surface area contributed by atoms with Crippen molar-refractivity contribution in [2.75, 3.05) is 53.0 Å². The molecule has 0 saturated carbocycles. The second-order valence-corrected chi connectivity index (χ2v) is 10.9. The number of aryl methyl sites for hydroxylation is 1. The number of carbonyl (C=O) groups excluding carboxylic acids is 1. The minimum absolute atomic E-state index is 0.0288. The fourth-order valence-corrected chi connectivity index (χ4v) is 5.56. The van der Waals surface area contributed by atoms with Crippen molar-refractivity contribution in [1.82, 2.24) is 19.3 Å². The maximum atomic E-state index is 13.6. The van der Waals surface area contributed by atoms with E-state index < -0.39 is 0 Å². The normalized spacial score (nSPS) is 22.1. The minimum Gasteiger partial charge on any atom is -0.379 e. The number of nitrogens with zero attached hydrogens (tertiary/aromatic N) is 4. The second kappa shape index (κ2) is 11.2. The van der Waals surface area contributed by atoms with E-state index in [1.54, 1.807) is 4.57 Å². The highest BCUT2D eigenvalue weighted by molar-refractivity contribution is 5.80. The average Bonchev–Trinajstić information content (AvgIpc) is 2.86. The number of amides is 1. The Morgan fingerprint density at radius 3 is 2.57 bits per heavy atom. The third-order valence-electron chi connectivity index (χ3n) is 7.82. The summed E-state index contributed by atoms with van der Waals surface area (Å²) in [6, 6.07) is 9.91. The van der Waals surface area contributed by atoms with Gasteiger partial charge in [-0.05, 0) is 49.7 Å². The summed E-state index contributed by atoms with van der Waals surface area (Å²) in [6.07, 6.45) is 3.37. The van der Waals surface area contributed by atoms with E-state index in [9.17, 15) is 9.59 Å². The Balaban J connectivity index is 1.66. The van der Waals surface area contributed by atoms with Crippen molar-refractivity contribution < 1.29 is 9.53 Å². The Hall–Kier alpha value is -2.22. The van der Waals surface area contributed by atoms with Gasteiger partial charge < -0.3 is 19.1 Å². The van der Waals surface area contributed by atoms with Gasteiger partial charge in [-0.3, -0.25) is 14.5 Å². The lowest BCUT2D eigenvalue weighted by molar-refractivity contribution is -0.138. The number of benzene rings is 1. The Bertz CT molecular complexity index is 1070. The lowest BCUT2D eigenvalue weighted by Gasteiger charge is -2.50. The van der Waals surface area contributed by atoms with E-state index in [4.69, 9.17) is 4.74 Å². The molecule has 2 saturated heterocycles. The molecule has 0 N–H and O–H groups in total. The molecular weight excluding hydrogens is 440 g/mol. The predicted molar refractivity (Wildman–Crippen MR) is 141 cm³/mol. The van der Waals surface area contributed by atoms with E-state index in [0.29, 0.717) is 37.6 Å². The first-order valence-electron chi connectivity index (χ1n) is 13.2. The summed E-state index contributed by atoms with van der Waals surface area (Å²) in [5.74, 6) is 0.590. The van der Waals surface area contributed by atoms with Crippen LogP contribution in [0.3, 0.4) is 0 Å². The Kier molecular flexibility index (Phi) is 8.30. The zero-order valence-electron chi connectivity index (χ0n) is 22.0. The van der Waals surface area contributed by atoms with Gasteiger partial charge in [0.25, 0.3) is 5.56 Å². The van der Waals surface area contributed by atoms with Gasteiger partial charge in [0.15, 0.2) is 0 Å².